The lowest BCUT2D eigenvalue weighted by Gasteiger charge is -2.12. The van der Waals surface area contributed by atoms with Gasteiger partial charge in [-0.1, -0.05) is 19.1 Å². The molecule has 0 radical (unpaired) electrons. The van der Waals surface area contributed by atoms with Crippen LogP contribution in [0.5, 0.6) is 5.75 Å². The molecule has 2 rings (SSSR count). The fourth-order valence-corrected chi connectivity index (χ4v) is 3.51. The van der Waals surface area contributed by atoms with Crippen LogP contribution in [0.15, 0.2) is 53.4 Å². The molecule has 6 nitrogen and oxygen atoms in total. The third-order valence-electron chi connectivity index (χ3n) is 3.78. The maximum atomic E-state index is 12.2. The predicted octanol–water partition coefficient (Wildman–Crippen LogP) is 3.09. The molecule has 0 aromatic heterocycles. The Bertz CT molecular complexity index is 848. The maximum absolute atomic E-state index is 12.2. The van der Waals surface area contributed by atoms with Crippen molar-refractivity contribution in [1.82, 2.24) is 4.72 Å². The smallest absolute Gasteiger partial charge is 0.262 e. The number of sulfonamides is 1. The monoisotopic (exact) mass is 376 g/mol. The van der Waals surface area contributed by atoms with Gasteiger partial charge in [-0.25, -0.2) is 13.1 Å². The van der Waals surface area contributed by atoms with Crippen LogP contribution in [0.3, 0.4) is 0 Å². The van der Waals surface area contributed by atoms with E-state index in [0.29, 0.717) is 17.9 Å². The van der Waals surface area contributed by atoms with Crippen molar-refractivity contribution >= 4 is 21.6 Å². The number of hydrogen-bond acceptors (Lipinski definition) is 4. The van der Waals surface area contributed by atoms with Gasteiger partial charge in [0.2, 0.25) is 10.0 Å². The summed E-state index contributed by atoms with van der Waals surface area (Å²) in [5.74, 6) is 0.303. The summed E-state index contributed by atoms with van der Waals surface area (Å²) in [6.07, 6.45) is 0.703. The number of hydrogen-bond donors (Lipinski definition) is 2. The van der Waals surface area contributed by atoms with Gasteiger partial charge in [0.1, 0.15) is 5.75 Å². The molecule has 0 fully saturated rings. The van der Waals surface area contributed by atoms with E-state index in [9.17, 15) is 13.2 Å². The lowest BCUT2D eigenvalue weighted by Crippen LogP contribution is -2.31. The Balaban J connectivity index is 1.93. The molecule has 2 N–H and O–H groups in total. The topological polar surface area (TPSA) is 84.5 Å². The number of rotatable bonds is 8. The second-order valence-electron chi connectivity index (χ2n) is 6.11. The first kappa shape index (κ1) is 19.9. The lowest BCUT2D eigenvalue weighted by atomic mass is 10.2. The first-order valence-corrected chi connectivity index (χ1v) is 9.90. The Hall–Kier alpha value is -2.38. The van der Waals surface area contributed by atoms with Gasteiger partial charge in [0, 0.05) is 11.7 Å². The Labute approximate surface area is 154 Å². The van der Waals surface area contributed by atoms with Crippen molar-refractivity contribution in [3.63, 3.8) is 0 Å². The van der Waals surface area contributed by atoms with Crippen LogP contribution < -0.4 is 14.8 Å². The molecule has 2 aromatic rings. The number of aryl methyl sites for hydroxylation is 1. The number of amides is 1. The van der Waals surface area contributed by atoms with E-state index in [0.717, 1.165) is 5.56 Å². The first-order valence-electron chi connectivity index (χ1n) is 8.42. The van der Waals surface area contributed by atoms with Gasteiger partial charge < -0.3 is 10.1 Å². The molecule has 0 saturated carbocycles. The Kier molecular flexibility index (Phi) is 6.76. The van der Waals surface area contributed by atoms with Gasteiger partial charge in [0.25, 0.3) is 5.91 Å². The third-order valence-corrected chi connectivity index (χ3v) is 5.38. The highest BCUT2D eigenvalue weighted by Gasteiger charge is 2.16. The summed E-state index contributed by atoms with van der Waals surface area (Å²) in [5.41, 5.74) is 1.55. The van der Waals surface area contributed by atoms with Crippen LogP contribution in [0, 0.1) is 6.92 Å². The highest BCUT2D eigenvalue weighted by molar-refractivity contribution is 7.89. The van der Waals surface area contributed by atoms with Crippen LogP contribution in [0.2, 0.25) is 0 Å². The molecule has 0 bridgehead atoms. The van der Waals surface area contributed by atoms with E-state index in [-0.39, 0.29) is 23.5 Å². The van der Waals surface area contributed by atoms with E-state index in [1.807, 2.05) is 32.0 Å². The summed E-state index contributed by atoms with van der Waals surface area (Å²) in [5, 5.41) is 2.68. The quantitative estimate of drug-likeness (QED) is 0.741. The molecule has 0 spiro atoms. The highest BCUT2D eigenvalue weighted by atomic mass is 32.2. The minimum atomic E-state index is -3.55. The molecule has 1 atom stereocenters. The Morgan fingerprint density at radius 1 is 1.15 bits per heavy atom. The average Bonchev–Trinajstić information content (AvgIpc) is 2.60. The van der Waals surface area contributed by atoms with Crippen molar-refractivity contribution < 1.29 is 17.9 Å². The van der Waals surface area contributed by atoms with Gasteiger partial charge in [0.15, 0.2) is 6.61 Å². The largest absolute Gasteiger partial charge is 0.484 e. The van der Waals surface area contributed by atoms with Gasteiger partial charge >= 0.3 is 0 Å². The van der Waals surface area contributed by atoms with Crippen molar-refractivity contribution in [2.75, 3.05) is 11.9 Å². The number of ether oxygens (including phenoxy) is 1. The highest BCUT2D eigenvalue weighted by Crippen LogP contribution is 2.15. The van der Waals surface area contributed by atoms with Crippen LogP contribution >= 0.6 is 0 Å². The van der Waals surface area contributed by atoms with Crippen molar-refractivity contribution in [2.24, 2.45) is 0 Å². The van der Waals surface area contributed by atoms with Crippen LogP contribution in [-0.4, -0.2) is 27.0 Å². The Morgan fingerprint density at radius 2 is 1.85 bits per heavy atom. The summed E-state index contributed by atoms with van der Waals surface area (Å²) in [6, 6.07) is 13.3. The standard InChI is InChI=1S/C19H24N2O4S/c1-4-15(3)21-26(23,24)18-10-8-16(9-11-18)20-19(22)13-25-17-7-5-6-14(2)12-17/h5-12,15,21H,4,13H2,1-3H3,(H,20,22). The Morgan fingerprint density at radius 3 is 2.46 bits per heavy atom. The van der Waals surface area contributed by atoms with Crippen molar-refractivity contribution in [3.05, 3.63) is 54.1 Å². The molecule has 0 aliphatic heterocycles. The molecule has 140 valence electrons. The second-order valence-corrected chi connectivity index (χ2v) is 7.82. The molecule has 0 aliphatic rings. The number of carbonyl (C=O) groups is 1. The third kappa shape index (κ3) is 5.86. The lowest BCUT2D eigenvalue weighted by molar-refractivity contribution is -0.118. The molecule has 0 heterocycles. The SMILES string of the molecule is CCC(C)NS(=O)(=O)c1ccc(NC(=O)COc2cccc(C)c2)cc1. The van der Waals surface area contributed by atoms with E-state index in [4.69, 9.17) is 4.74 Å². The van der Waals surface area contributed by atoms with Gasteiger partial charge in [-0.05, 0) is 62.2 Å². The van der Waals surface area contributed by atoms with Gasteiger partial charge in [-0.2, -0.15) is 0 Å². The van der Waals surface area contributed by atoms with E-state index < -0.39 is 10.0 Å². The molecular formula is C19H24N2O4S. The minimum Gasteiger partial charge on any atom is -0.484 e. The predicted molar refractivity (Wildman–Crippen MR) is 102 cm³/mol. The van der Waals surface area contributed by atoms with Gasteiger partial charge in [0.05, 0.1) is 4.90 Å². The number of anilines is 1. The molecule has 7 heteroatoms. The van der Waals surface area contributed by atoms with Crippen LogP contribution in [-0.2, 0) is 14.8 Å². The fourth-order valence-electron chi connectivity index (χ4n) is 2.18. The van der Waals surface area contributed by atoms with Crippen LogP contribution in [0.4, 0.5) is 5.69 Å². The van der Waals surface area contributed by atoms with Crippen LogP contribution in [0.25, 0.3) is 0 Å². The second kappa shape index (κ2) is 8.82. The molecule has 1 amide bonds. The molecule has 26 heavy (non-hydrogen) atoms. The van der Waals surface area contributed by atoms with E-state index in [2.05, 4.69) is 10.0 Å². The summed E-state index contributed by atoms with van der Waals surface area (Å²) >= 11 is 0. The van der Waals surface area contributed by atoms with E-state index in [1.165, 1.54) is 12.1 Å². The van der Waals surface area contributed by atoms with E-state index >= 15 is 0 Å². The summed E-state index contributed by atoms with van der Waals surface area (Å²) in [4.78, 5) is 12.1. The molecule has 0 saturated heterocycles. The average molecular weight is 376 g/mol. The minimum absolute atomic E-state index is 0.126. The van der Waals surface area contributed by atoms with E-state index in [1.54, 1.807) is 25.1 Å². The maximum Gasteiger partial charge on any atom is 0.262 e. The van der Waals surface area contributed by atoms with Crippen molar-refractivity contribution in [1.29, 1.82) is 0 Å². The zero-order valence-corrected chi connectivity index (χ0v) is 16.0. The number of benzene rings is 2. The molecule has 0 aliphatic carbocycles. The van der Waals surface area contributed by atoms with Crippen molar-refractivity contribution in [3.8, 4) is 5.75 Å². The molecule has 2 aromatic carbocycles. The van der Waals surface area contributed by atoms with Crippen molar-refractivity contribution in [2.45, 2.75) is 38.1 Å². The normalized spacial score (nSPS) is 12.4. The number of nitrogens with one attached hydrogen (secondary N) is 2. The first-order chi connectivity index (χ1) is 12.3. The molecule has 1 unspecified atom stereocenters. The molecular weight excluding hydrogens is 352 g/mol. The summed E-state index contributed by atoms with van der Waals surface area (Å²) < 4.78 is 32.4. The zero-order valence-electron chi connectivity index (χ0n) is 15.2. The zero-order chi connectivity index (χ0) is 19.2. The summed E-state index contributed by atoms with van der Waals surface area (Å²) in [7, 11) is -3.55. The number of carbonyl (C=O) groups excluding carboxylic acids is 1. The van der Waals surface area contributed by atoms with Gasteiger partial charge in [-0.3, -0.25) is 4.79 Å². The van der Waals surface area contributed by atoms with Gasteiger partial charge in [-0.15, -0.1) is 0 Å². The van der Waals surface area contributed by atoms with Crippen LogP contribution in [0.1, 0.15) is 25.8 Å². The summed E-state index contributed by atoms with van der Waals surface area (Å²) in [6.45, 7) is 5.53. The fraction of sp³-hybridized carbons (Fsp3) is 0.316.